The van der Waals surface area contributed by atoms with Crippen molar-refractivity contribution in [2.75, 3.05) is 0 Å². The van der Waals surface area contributed by atoms with Gasteiger partial charge in [-0.2, -0.15) is 0 Å². The zero-order valence-electron chi connectivity index (χ0n) is 13.5. The molecule has 0 aromatic heterocycles. The van der Waals surface area contributed by atoms with E-state index >= 15 is 0 Å². The van der Waals surface area contributed by atoms with E-state index in [1.54, 1.807) is 0 Å². The van der Waals surface area contributed by atoms with Gasteiger partial charge in [0.15, 0.2) is 11.5 Å². The van der Waals surface area contributed by atoms with Crippen LogP contribution in [0.2, 0.25) is 0 Å². The number of cyclic esters (lactones) is 2. The Morgan fingerprint density at radius 2 is 1.04 bits per heavy atom. The predicted molar refractivity (Wildman–Crippen MR) is 91.1 cm³/mol. The molecule has 0 unspecified atom stereocenters. The van der Waals surface area contributed by atoms with Gasteiger partial charge < -0.3 is 14.2 Å². The maximum Gasteiger partial charge on any atom is 0.347 e. The van der Waals surface area contributed by atoms with Gasteiger partial charge in [0.25, 0.3) is 0 Å². The van der Waals surface area contributed by atoms with Gasteiger partial charge in [-0.05, 0) is 12.1 Å². The molecule has 5 nitrogen and oxygen atoms in total. The SMILES string of the molecule is O=C1OC(=O)c2cc3c(cc21)OC(c1ccccc1)(c1ccccc1)O3. The maximum absolute atomic E-state index is 11.8. The van der Waals surface area contributed by atoms with Crippen molar-refractivity contribution in [3.63, 3.8) is 0 Å². The minimum atomic E-state index is -1.19. The van der Waals surface area contributed by atoms with Crippen LogP contribution in [0.1, 0.15) is 31.8 Å². The third-order valence-electron chi connectivity index (χ3n) is 4.52. The van der Waals surface area contributed by atoms with Crippen molar-refractivity contribution in [2.45, 2.75) is 5.79 Å². The zero-order chi connectivity index (χ0) is 17.7. The van der Waals surface area contributed by atoms with Crippen LogP contribution in [-0.2, 0) is 10.5 Å². The van der Waals surface area contributed by atoms with E-state index in [0.717, 1.165) is 11.1 Å². The summed E-state index contributed by atoms with van der Waals surface area (Å²) < 4.78 is 17.1. The molecule has 0 saturated heterocycles. The molecule has 0 amide bonds. The molecule has 5 rings (SSSR count). The number of hydrogen-bond donors (Lipinski definition) is 0. The average molecular weight is 344 g/mol. The molecule has 3 aromatic carbocycles. The molecule has 0 spiro atoms. The third kappa shape index (κ3) is 1.97. The Morgan fingerprint density at radius 1 is 0.615 bits per heavy atom. The lowest BCUT2D eigenvalue weighted by molar-refractivity contribution is -0.0459. The Balaban J connectivity index is 1.69. The van der Waals surface area contributed by atoms with Crippen LogP contribution in [0.3, 0.4) is 0 Å². The largest absolute Gasteiger partial charge is 0.440 e. The van der Waals surface area contributed by atoms with E-state index in [9.17, 15) is 9.59 Å². The first kappa shape index (κ1) is 14.7. The number of benzene rings is 3. The molecule has 2 heterocycles. The van der Waals surface area contributed by atoms with Gasteiger partial charge in [0.05, 0.1) is 11.1 Å². The van der Waals surface area contributed by atoms with E-state index < -0.39 is 17.7 Å². The van der Waals surface area contributed by atoms with Gasteiger partial charge in [0, 0.05) is 11.1 Å². The van der Waals surface area contributed by atoms with Crippen molar-refractivity contribution in [2.24, 2.45) is 0 Å². The van der Waals surface area contributed by atoms with E-state index in [2.05, 4.69) is 4.74 Å². The number of ether oxygens (including phenoxy) is 3. The quantitative estimate of drug-likeness (QED) is 0.524. The lowest BCUT2D eigenvalue weighted by Gasteiger charge is -2.28. The Labute approximate surface area is 148 Å². The number of rotatable bonds is 2. The molecule has 126 valence electrons. The summed E-state index contributed by atoms with van der Waals surface area (Å²) in [5.74, 6) is -1.75. The highest BCUT2D eigenvalue weighted by molar-refractivity contribution is 6.15. The van der Waals surface area contributed by atoms with E-state index in [1.807, 2.05) is 60.7 Å². The summed E-state index contributed by atoms with van der Waals surface area (Å²) >= 11 is 0. The van der Waals surface area contributed by atoms with Crippen molar-refractivity contribution >= 4 is 11.9 Å². The average Bonchev–Trinajstić information content (AvgIpc) is 3.20. The monoisotopic (exact) mass is 344 g/mol. The first-order valence-electron chi connectivity index (χ1n) is 8.11. The molecule has 5 heteroatoms. The smallest absolute Gasteiger partial charge is 0.347 e. The highest BCUT2D eigenvalue weighted by Gasteiger charge is 2.47. The summed E-state index contributed by atoms with van der Waals surface area (Å²) in [6.45, 7) is 0. The van der Waals surface area contributed by atoms with Crippen LogP contribution in [0.4, 0.5) is 0 Å². The highest BCUT2D eigenvalue weighted by atomic mass is 16.7. The Bertz CT molecular complexity index is 956. The fraction of sp³-hybridized carbons (Fsp3) is 0.0476. The lowest BCUT2D eigenvalue weighted by atomic mass is 9.97. The highest BCUT2D eigenvalue weighted by Crippen LogP contribution is 2.49. The van der Waals surface area contributed by atoms with E-state index in [1.165, 1.54) is 12.1 Å². The minimum absolute atomic E-state index is 0.189. The molecule has 0 bridgehead atoms. The lowest BCUT2D eigenvalue weighted by Crippen LogP contribution is -2.36. The molecule has 3 aromatic rings. The molecule has 2 aliphatic rings. The van der Waals surface area contributed by atoms with Gasteiger partial charge in [0.2, 0.25) is 0 Å². The van der Waals surface area contributed by atoms with Crippen molar-refractivity contribution in [3.05, 3.63) is 95.1 Å². The molecular formula is C21H12O5. The van der Waals surface area contributed by atoms with Crippen molar-refractivity contribution < 1.29 is 23.8 Å². The number of fused-ring (bicyclic) bond motifs is 2. The summed E-state index contributed by atoms with van der Waals surface area (Å²) in [6.07, 6.45) is 0. The summed E-state index contributed by atoms with van der Waals surface area (Å²) in [5.41, 5.74) is 1.98. The van der Waals surface area contributed by atoms with Crippen LogP contribution in [0, 0.1) is 0 Å². The van der Waals surface area contributed by atoms with Crippen molar-refractivity contribution in [1.82, 2.24) is 0 Å². The first-order valence-corrected chi connectivity index (χ1v) is 8.11. The third-order valence-corrected chi connectivity index (χ3v) is 4.52. The second-order valence-corrected chi connectivity index (χ2v) is 6.07. The first-order chi connectivity index (χ1) is 12.7. The molecule has 2 aliphatic heterocycles. The second kappa shape index (κ2) is 5.20. The van der Waals surface area contributed by atoms with Gasteiger partial charge in [-0.3, -0.25) is 0 Å². The van der Waals surface area contributed by atoms with Crippen LogP contribution < -0.4 is 9.47 Å². The molecule has 0 saturated carbocycles. The van der Waals surface area contributed by atoms with E-state index in [4.69, 9.17) is 9.47 Å². The van der Waals surface area contributed by atoms with Gasteiger partial charge in [-0.25, -0.2) is 9.59 Å². The molecule has 26 heavy (non-hydrogen) atoms. The minimum Gasteiger partial charge on any atom is -0.440 e. The van der Waals surface area contributed by atoms with Gasteiger partial charge >= 0.3 is 17.7 Å². The van der Waals surface area contributed by atoms with Crippen LogP contribution in [0.5, 0.6) is 11.5 Å². The van der Waals surface area contributed by atoms with Crippen LogP contribution in [0.25, 0.3) is 0 Å². The van der Waals surface area contributed by atoms with Gasteiger partial charge in [-0.1, -0.05) is 60.7 Å². The molecule has 0 radical (unpaired) electrons. The maximum atomic E-state index is 11.8. The summed E-state index contributed by atoms with van der Waals surface area (Å²) in [6, 6.07) is 22.1. The van der Waals surface area contributed by atoms with Crippen molar-refractivity contribution in [3.8, 4) is 11.5 Å². The fourth-order valence-corrected chi connectivity index (χ4v) is 3.30. The topological polar surface area (TPSA) is 61.8 Å². The van der Waals surface area contributed by atoms with Gasteiger partial charge in [-0.15, -0.1) is 0 Å². The van der Waals surface area contributed by atoms with E-state index in [0.29, 0.717) is 11.5 Å². The number of hydrogen-bond acceptors (Lipinski definition) is 5. The van der Waals surface area contributed by atoms with Crippen LogP contribution in [-0.4, -0.2) is 11.9 Å². The Morgan fingerprint density at radius 3 is 1.46 bits per heavy atom. The number of carbonyl (C=O) groups is 2. The molecule has 0 fully saturated rings. The molecular weight excluding hydrogens is 332 g/mol. The number of esters is 2. The van der Waals surface area contributed by atoms with E-state index in [-0.39, 0.29) is 11.1 Å². The predicted octanol–water partition coefficient (Wildman–Crippen LogP) is 3.67. The van der Waals surface area contributed by atoms with Crippen LogP contribution >= 0.6 is 0 Å². The zero-order valence-corrected chi connectivity index (χ0v) is 13.5. The Kier molecular flexibility index (Phi) is 2.94. The summed E-state index contributed by atoms with van der Waals surface area (Å²) in [4.78, 5) is 23.7. The molecule has 0 atom stereocenters. The fourth-order valence-electron chi connectivity index (χ4n) is 3.30. The van der Waals surface area contributed by atoms with Crippen molar-refractivity contribution in [1.29, 1.82) is 0 Å². The Hall–Kier alpha value is -3.60. The summed E-state index contributed by atoms with van der Waals surface area (Å²) in [5, 5.41) is 0. The molecule has 0 aliphatic carbocycles. The van der Waals surface area contributed by atoms with Crippen LogP contribution in [0.15, 0.2) is 72.8 Å². The normalized spacial score (nSPS) is 16.3. The van der Waals surface area contributed by atoms with Gasteiger partial charge in [0.1, 0.15) is 0 Å². The summed E-state index contributed by atoms with van der Waals surface area (Å²) in [7, 11) is 0. The second-order valence-electron chi connectivity index (χ2n) is 6.07. The molecule has 0 N–H and O–H groups in total. The number of carbonyl (C=O) groups excluding carboxylic acids is 2. The standard InChI is InChI=1S/C21H12O5/c22-19-15-11-17-18(12-16(15)20(23)24-19)26-21(25-17,13-7-3-1-4-8-13)14-9-5-2-6-10-14/h1-12H.